The zero-order valence-corrected chi connectivity index (χ0v) is 9.76. The standard InChI is InChI=1S/C13H19NO2/c1-14-7-8-16-13(9-14)11-15-10-12-5-3-2-4-6-12/h2-6,13H,7-11H2,1H3/t13-/m0/s1. The Labute approximate surface area is 97.0 Å². The highest BCUT2D eigenvalue weighted by atomic mass is 16.5. The van der Waals surface area contributed by atoms with Crippen LogP contribution in [0, 0.1) is 0 Å². The molecule has 0 unspecified atom stereocenters. The fraction of sp³-hybridized carbons (Fsp3) is 0.538. The number of hydrogen-bond donors (Lipinski definition) is 0. The molecule has 0 saturated carbocycles. The van der Waals surface area contributed by atoms with Crippen LogP contribution in [0.15, 0.2) is 30.3 Å². The van der Waals surface area contributed by atoms with E-state index in [1.807, 2.05) is 18.2 Å². The molecule has 0 amide bonds. The van der Waals surface area contributed by atoms with E-state index >= 15 is 0 Å². The van der Waals surface area contributed by atoms with Gasteiger partial charge in [-0.25, -0.2) is 0 Å². The number of nitrogens with zero attached hydrogens (tertiary/aromatic N) is 1. The third-order valence-corrected chi connectivity index (χ3v) is 2.76. The third kappa shape index (κ3) is 3.59. The molecule has 3 heteroatoms. The second-order valence-electron chi connectivity index (χ2n) is 4.26. The minimum Gasteiger partial charge on any atom is -0.374 e. The van der Waals surface area contributed by atoms with Crippen molar-refractivity contribution in [3.63, 3.8) is 0 Å². The van der Waals surface area contributed by atoms with Crippen LogP contribution >= 0.6 is 0 Å². The Bertz CT molecular complexity index is 302. The molecule has 88 valence electrons. The average Bonchev–Trinajstić information content (AvgIpc) is 2.30. The van der Waals surface area contributed by atoms with E-state index in [0.29, 0.717) is 13.2 Å². The van der Waals surface area contributed by atoms with Crippen molar-refractivity contribution in [3.8, 4) is 0 Å². The van der Waals surface area contributed by atoms with E-state index in [9.17, 15) is 0 Å². The molecular weight excluding hydrogens is 202 g/mol. The summed E-state index contributed by atoms with van der Waals surface area (Å²) in [6, 6.07) is 10.2. The van der Waals surface area contributed by atoms with Gasteiger partial charge in [0.25, 0.3) is 0 Å². The van der Waals surface area contributed by atoms with Gasteiger partial charge in [-0.05, 0) is 12.6 Å². The Morgan fingerprint density at radius 2 is 2.19 bits per heavy atom. The van der Waals surface area contributed by atoms with Crippen molar-refractivity contribution >= 4 is 0 Å². The summed E-state index contributed by atoms with van der Waals surface area (Å²) in [6.07, 6.45) is 0.225. The molecule has 1 atom stereocenters. The van der Waals surface area contributed by atoms with Gasteiger partial charge in [-0.1, -0.05) is 30.3 Å². The van der Waals surface area contributed by atoms with Crippen molar-refractivity contribution in [1.29, 1.82) is 0 Å². The van der Waals surface area contributed by atoms with Gasteiger partial charge >= 0.3 is 0 Å². The summed E-state index contributed by atoms with van der Waals surface area (Å²) in [5.41, 5.74) is 1.21. The van der Waals surface area contributed by atoms with Gasteiger partial charge in [0.1, 0.15) is 0 Å². The lowest BCUT2D eigenvalue weighted by Gasteiger charge is -2.29. The maximum absolute atomic E-state index is 5.66. The summed E-state index contributed by atoms with van der Waals surface area (Å²) in [7, 11) is 2.12. The number of ether oxygens (including phenoxy) is 2. The van der Waals surface area contributed by atoms with Crippen molar-refractivity contribution in [1.82, 2.24) is 4.90 Å². The number of benzene rings is 1. The molecule has 0 bridgehead atoms. The lowest BCUT2D eigenvalue weighted by molar-refractivity contribution is -0.0663. The predicted octanol–water partition coefficient (Wildman–Crippen LogP) is 1.53. The average molecular weight is 221 g/mol. The first kappa shape index (κ1) is 11.6. The van der Waals surface area contributed by atoms with Gasteiger partial charge in [0.2, 0.25) is 0 Å². The summed E-state index contributed by atoms with van der Waals surface area (Å²) in [4.78, 5) is 2.28. The molecule has 0 N–H and O–H groups in total. The topological polar surface area (TPSA) is 21.7 Å². The molecular formula is C13H19NO2. The van der Waals surface area contributed by atoms with Crippen LogP contribution in [0.3, 0.4) is 0 Å². The van der Waals surface area contributed by atoms with E-state index in [0.717, 1.165) is 19.7 Å². The van der Waals surface area contributed by atoms with E-state index in [1.165, 1.54) is 5.56 Å². The van der Waals surface area contributed by atoms with Gasteiger partial charge in [0, 0.05) is 13.1 Å². The summed E-state index contributed by atoms with van der Waals surface area (Å²) < 4.78 is 11.3. The summed E-state index contributed by atoms with van der Waals surface area (Å²) in [5, 5.41) is 0. The first-order chi connectivity index (χ1) is 7.84. The lowest BCUT2D eigenvalue weighted by Crippen LogP contribution is -2.42. The Balaban J connectivity index is 1.68. The van der Waals surface area contributed by atoms with Crippen LogP contribution in [-0.2, 0) is 16.1 Å². The first-order valence-electron chi connectivity index (χ1n) is 5.76. The molecule has 1 fully saturated rings. The number of likely N-dealkylation sites (N-methyl/N-ethyl adjacent to an activating group) is 1. The normalized spacial score (nSPS) is 22.2. The summed E-state index contributed by atoms with van der Waals surface area (Å²) in [6.45, 7) is 4.16. The quantitative estimate of drug-likeness (QED) is 0.769. The van der Waals surface area contributed by atoms with Gasteiger partial charge < -0.3 is 14.4 Å². The highest BCUT2D eigenvalue weighted by molar-refractivity contribution is 5.13. The zero-order chi connectivity index (χ0) is 11.2. The Morgan fingerprint density at radius 1 is 1.38 bits per heavy atom. The first-order valence-corrected chi connectivity index (χ1v) is 5.76. The molecule has 1 aromatic carbocycles. The van der Waals surface area contributed by atoms with E-state index in [2.05, 4.69) is 24.1 Å². The van der Waals surface area contributed by atoms with Gasteiger partial charge in [0.15, 0.2) is 0 Å². The largest absolute Gasteiger partial charge is 0.374 e. The van der Waals surface area contributed by atoms with Crippen molar-refractivity contribution in [2.45, 2.75) is 12.7 Å². The molecule has 1 saturated heterocycles. The van der Waals surface area contributed by atoms with Crippen LogP contribution in [0.4, 0.5) is 0 Å². The number of morpholine rings is 1. The summed E-state index contributed by atoms with van der Waals surface area (Å²) >= 11 is 0. The smallest absolute Gasteiger partial charge is 0.0935 e. The summed E-state index contributed by atoms with van der Waals surface area (Å²) in [5.74, 6) is 0. The Morgan fingerprint density at radius 3 is 2.94 bits per heavy atom. The maximum atomic E-state index is 5.66. The van der Waals surface area contributed by atoms with Crippen LogP contribution in [0.5, 0.6) is 0 Å². The monoisotopic (exact) mass is 221 g/mol. The van der Waals surface area contributed by atoms with E-state index in [4.69, 9.17) is 9.47 Å². The second-order valence-corrected chi connectivity index (χ2v) is 4.26. The Kier molecular flexibility index (Phi) is 4.34. The zero-order valence-electron chi connectivity index (χ0n) is 9.76. The number of rotatable bonds is 4. The lowest BCUT2D eigenvalue weighted by atomic mass is 10.2. The van der Waals surface area contributed by atoms with Gasteiger partial charge in [-0.3, -0.25) is 0 Å². The van der Waals surface area contributed by atoms with Crippen LogP contribution in [0.2, 0.25) is 0 Å². The third-order valence-electron chi connectivity index (χ3n) is 2.76. The fourth-order valence-electron chi connectivity index (χ4n) is 1.85. The molecule has 0 aromatic heterocycles. The van der Waals surface area contributed by atoms with Gasteiger partial charge in [-0.2, -0.15) is 0 Å². The van der Waals surface area contributed by atoms with Crippen molar-refractivity contribution < 1.29 is 9.47 Å². The molecule has 1 aliphatic heterocycles. The fourth-order valence-corrected chi connectivity index (χ4v) is 1.85. The molecule has 1 aliphatic rings. The molecule has 0 radical (unpaired) electrons. The van der Waals surface area contributed by atoms with Crippen LogP contribution in [0.25, 0.3) is 0 Å². The molecule has 16 heavy (non-hydrogen) atoms. The van der Waals surface area contributed by atoms with Crippen LogP contribution in [0.1, 0.15) is 5.56 Å². The van der Waals surface area contributed by atoms with E-state index in [1.54, 1.807) is 0 Å². The van der Waals surface area contributed by atoms with Gasteiger partial charge in [-0.15, -0.1) is 0 Å². The minimum absolute atomic E-state index is 0.225. The molecule has 3 nitrogen and oxygen atoms in total. The SMILES string of the molecule is CN1CCO[C@H](COCc2ccccc2)C1. The molecule has 1 heterocycles. The van der Waals surface area contributed by atoms with Crippen molar-refractivity contribution in [3.05, 3.63) is 35.9 Å². The van der Waals surface area contributed by atoms with Crippen LogP contribution in [-0.4, -0.2) is 44.4 Å². The van der Waals surface area contributed by atoms with Crippen molar-refractivity contribution in [2.75, 3.05) is 33.4 Å². The Hall–Kier alpha value is -0.900. The van der Waals surface area contributed by atoms with Gasteiger partial charge in [0.05, 0.1) is 25.9 Å². The van der Waals surface area contributed by atoms with Crippen molar-refractivity contribution in [2.24, 2.45) is 0 Å². The highest BCUT2D eigenvalue weighted by Gasteiger charge is 2.17. The van der Waals surface area contributed by atoms with Crippen LogP contribution < -0.4 is 0 Å². The maximum Gasteiger partial charge on any atom is 0.0935 e. The molecule has 0 spiro atoms. The minimum atomic E-state index is 0.225. The molecule has 0 aliphatic carbocycles. The van der Waals surface area contributed by atoms with E-state index in [-0.39, 0.29) is 6.10 Å². The predicted molar refractivity (Wildman–Crippen MR) is 63.3 cm³/mol. The molecule has 2 rings (SSSR count). The number of hydrogen-bond acceptors (Lipinski definition) is 3. The molecule has 1 aromatic rings. The van der Waals surface area contributed by atoms with E-state index < -0.39 is 0 Å². The second kappa shape index (κ2) is 5.99. The highest BCUT2D eigenvalue weighted by Crippen LogP contribution is 2.06.